The molecule has 0 heterocycles. The third-order valence-corrected chi connectivity index (χ3v) is 5.22. The van der Waals surface area contributed by atoms with Gasteiger partial charge in [0.05, 0.1) is 0 Å². The number of hydrogen-bond acceptors (Lipinski definition) is 3. The molecule has 0 atom stereocenters. The zero-order valence-corrected chi connectivity index (χ0v) is 16.1. The highest BCUT2D eigenvalue weighted by Gasteiger charge is 2.45. The van der Waals surface area contributed by atoms with E-state index in [1.54, 1.807) is 7.05 Å². The number of carbonyl (C=O) groups excluding carboxylic acids is 2. The van der Waals surface area contributed by atoms with Crippen LogP contribution in [0.25, 0.3) is 0 Å². The minimum absolute atomic E-state index is 0.0877. The molecular weight excluding hydrogens is 320 g/mol. The van der Waals surface area contributed by atoms with Gasteiger partial charge in [0.2, 0.25) is 11.8 Å². The lowest BCUT2D eigenvalue weighted by atomic mass is 9.80. The Hall–Kier alpha value is -1.59. The summed E-state index contributed by atoms with van der Waals surface area (Å²) < 4.78 is 0. The van der Waals surface area contributed by atoms with Gasteiger partial charge in [0, 0.05) is 33.0 Å². The van der Waals surface area contributed by atoms with Gasteiger partial charge in [-0.05, 0) is 32.1 Å². The Morgan fingerprint density at radius 3 is 1.92 bits per heavy atom. The van der Waals surface area contributed by atoms with Crippen LogP contribution in [0.15, 0.2) is 0 Å². The lowest BCUT2D eigenvalue weighted by Gasteiger charge is -2.41. The van der Waals surface area contributed by atoms with Crippen molar-refractivity contribution in [2.45, 2.75) is 83.6 Å². The van der Waals surface area contributed by atoms with Crippen molar-refractivity contribution in [3.63, 3.8) is 0 Å². The summed E-state index contributed by atoms with van der Waals surface area (Å²) in [7, 11) is 1.60. The number of nitrogens with zero attached hydrogens (tertiary/aromatic N) is 2. The van der Waals surface area contributed by atoms with Gasteiger partial charge in [0.15, 0.2) is 0 Å². The Morgan fingerprint density at radius 2 is 1.44 bits per heavy atom. The first-order chi connectivity index (χ1) is 11.9. The smallest absolute Gasteiger partial charge is 0.329 e. The van der Waals surface area contributed by atoms with Gasteiger partial charge in [-0.1, -0.05) is 33.1 Å². The van der Waals surface area contributed by atoms with E-state index in [1.807, 2.05) is 18.7 Å². The first-order valence-corrected chi connectivity index (χ1v) is 9.66. The van der Waals surface area contributed by atoms with Crippen molar-refractivity contribution in [1.82, 2.24) is 9.80 Å². The maximum absolute atomic E-state index is 12.5. The maximum Gasteiger partial charge on any atom is 0.329 e. The van der Waals surface area contributed by atoms with Crippen molar-refractivity contribution in [2.75, 3.05) is 20.1 Å². The molecule has 1 saturated carbocycles. The molecule has 144 valence electrons. The van der Waals surface area contributed by atoms with E-state index >= 15 is 0 Å². The molecule has 0 aromatic rings. The van der Waals surface area contributed by atoms with Crippen LogP contribution in [0.1, 0.15) is 78.1 Å². The van der Waals surface area contributed by atoms with E-state index in [1.165, 1.54) is 4.90 Å². The van der Waals surface area contributed by atoms with Crippen molar-refractivity contribution in [3.05, 3.63) is 0 Å². The highest BCUT2D eigenvalue weighted by molar-refractivity contribution is 5.87. The van der Waals surface area contributed by atoms with Gasteiger partial charge >= 0.3 is 5.97 Å². The molecular formula is C19H34N2O4. The van der Waals surface area contributed by atoms with Gasteiger partial charge < -0.3 is 14.9 Å². The Labute approximate surface area is 151 Å². The van der Waals surface area contributed by atoms with Gasteiger partial charge in [-0.2, -0.15) is 0 Å². The summed E-state index contributed by atoms with van der Waals surface area (Å²) in [6, 6.07) is 0. The summed E-state index contributed by atoms with van der Waals surface area (Å²) in [5, 5.41) is 9.66. The number of likely N-dealkylation sites (N-methyl/N-ethyl adjacent to an activating group) is 1. The Morgan fingerprint density at radius 1 is 0.920 bits per heavy atom. The average molecular weight is 354 g/mol. The summed E-state index contributed by atoms with van der Waals surface area (Å²) >= 11 is 0. The van der Waals surface area contributed by atoms with Crippen molar-refractivity contribution >= 4 is 17.8 Å². The molecule has 0 aliphatic heterocycles. The standard InChI is InChI=1S/C19H34N2O4/c1-4-14-21(15-5-2)17(23)11-9-10-16(22)20(3)19(18(24)25)12-7-6-8-13-19/h4-15H2,1-3H3,(H,24,25). The first kappa shape index (κ1) is 21.5. The van der Waals surface area contributed by atoms with Crippen LogP contribution in [0.4, 0.5) is 0 Å². The molecule has 1 fully saturated rings. The predicted octanol–water partition coefficient (Wildman–Crippen LogP) is 3.05. The van der Waals surface area contributed by atoms with Crippen molar-refractivity contribution in [2.24, 2.45) is 0 Å². The monoisotopic (exact) mass is 354 g/mol. The molecule has 0 spiro atoms. The molecule has 0 radical (unpaired) electrons. The van der Waals surface area contributed by atoms with Crippen LogP contribution in [-0.2, 0) is 14.4 Å². The van der Waals surface area contributed by atoms with Crippen molar-refractivity contribution < 1.29 is 19.5 Å². The molecule has 25 heavy (non-hydrogen) atoms. The van der Waals surface area contributed by atoms with Crippen molar-refractivity contribution in [1.29, 1.82) is 0 Å². The Kier molecular flexibility index (Phi) is 8.93. The molecule has 6 heteroatoms. The second kappa shape index (κ2) is 10.4. The second-order valence-corrected chi connectivity index (χ2v) is 7.08. The van der Waals surface area contributed by atoms with E-state index in [4.69, 9.17) is 0 Å². The van der Waals surface area contributed by atoms with Gasteiger partial charge in [-0.15, -0.1) is 0 Å². The van der Waals surface area contributed by atoms with Crippen LogP contribution in [-0.4, -0.2) is 58.4 Å². The van der Waals surface area contributed by atoms with Crippen LogP contribution in [0.5, 0.6) is 0 Å². The van der Waals surface area contributed by atoms with Crippen LogP contribution in [0.3, 0.4) is 0 Å². The topological polar surface area (TPSA) is 77.9 Å². The number of carboxylic acids is 1. The fourth-order valence-electron chi connectivity index (χ4n) is 3.69. The van der Waals surface area contributed by atoms with Crippen LogP contribution in [0.2, 0.25) is 0 Å². The second-order valence-electron chi connectivity index (χ2n) is 7.08. The van der Waals surface area contributed by atoms with Gasteiger partial charge in [0.25, 0.3) is 0 Å². The van der Waals surface area contributed by atoms with E-state index in [0.717, 1.165) is 45.2 Å². The summed E-state index contributed by atoms with van der Waals surface area (Å²) in [6.45, 7) is 5.60. The average Bonchev–Trinajstić information content (AvgIpc) is 2.61. The highest BCUT2D eigenvalue weighted by atomic mass is 16.4. The quantitative estimate of drug-likeness (QED) is 0.654. The molecule has 1 rings (SSSR count). The fourth-order valence-corrected chi connectivity index (χ4v) is 3.69. The normalized spacial score (nSPS) is 16.3. The van der Waals surface area contributed by atoms with Crippen LogP contribution < -0.4 is 0 Å². The number of carboxylic acid groups (broad SMARTS) is 1. The van der Waals surface area contributed by atoms with E-state index in [-0.39, 0.29) is 18.2 Å². The van der Waals surface area contributed by atoms with E-state index in [2.05, 4.69) is 0 Å². The SMILES string of the molecule is CCCN(CCC)C(=O)CCCC(=O)N(C)C1(C(=O)O)CCCCC1. The fraction of sp³-hybridized carbons (Fsp3) is 0.842. The molecule has 6 nitrogen and oxygen atoms in total. The number of aliphatic carboxylic acids is 1. The predicted molar refractivity (Wildman–Crippen MR) is 97.2 cm³/mol. The first-order valence-electron chi connectivity index (χ1n) is 9.66. The molecule has 1 N–H and O–H groups in total. The van der Waals surface area contributed by atoms with Gasteiger partial charge in [0.1, 0.15) is 5.54 Å². The molecule has 1 aliphatic carbocycles. The third kappa shape index (κ3) is 5.72. The number of rotatable bonds is 10. The molecule has 0 bridgehead atoms. The zero-order valence-electron chi connectivity index (χ0n) is 16.1. The molecule has 0 aromatic carbocycles. The Bertz CT molecular complexity index is 452. The van der Waals surface area contributed by atoms with Crippen LogP contribution >= 0.6 is 0 Å². The third-order valence-electron chi connectivity index (χ3n) is 5.22. The van der Waals surface area contributed by atoms with Gasteiger partial charge in [-0.3, -0.25) is 9.59 Å². The molecule has 0 unspecified atom stereocenters. The maximum atomic E-state index is 12.5. The Balaban J connectivity index is 2.54. The number of carbonyl (C=O) groups is 3. The minimum Gasteiger partial charge on any atom is -0.479 e. The zero-order chi connectivity index (χ0) is 18.9. The number of amides is 2. The molecule has 0 saturated heterocycles. The van der Waals surface area contributed by atoms with Crippen molar-refractivity contribution in [3.8, 4) is 0 Å². The summed E-state index contributed by atoms with van der Waals surface area (Å²) in [4.78, 5) is 39.8. The van der Waals surface area contributed by atoms with E-state index < -0.39 is 11.5 Å². The van der Waals surface area contributed by atoms with E-state index in [9.17, 15) is 19.5 Å². The summed E-state index contributed by atoms with van der Waals surface area (Å²) in [6.07, 6.45) is 6.63. The van der Waals surface area contributed by atoms with E-state index in [0.29, 0.717) is 25.7 Å². The largest absolute Gasteiger partial charge is 0.479 e. The molecule has 1 aliphatic rings. The lowest BCUT2D eigenvalue weighted by Crippen LogP contribution is -2.56. The summed E-state index contributed by atoms with van der Waals surface area (Å²) in [5.41, 5.74) is -1.06. The molecule has 0 aromatic heterocycles. The molecule has 2 amide bonds. The van der Waals surface area contributed by atoms with Gasteiger partial charge in [-0.25, -0.2) is 4.79 Å². The minimum atomic E-state index is -1.06. The summed E-state index contributed by atoms with van der Waals surface area (Å²) in [5.74, 6) is -0.990. The number of hydrogen-bond donors (Lipinski definition) is 1. The van der Waals surface area contributed by atoms with Crippen LogP contribution in [0, 0.1) is 0 Å². The lowest BCUT2D eigenvalue weighted by molar-refractivity contribution is -0.160. The highest BCUT2D eigenvalue weighted by Crippen LogP contribution is 2.33.